The first-order chi connectivity index (χ1) is 10.2. The van der Waals surface area contributed by atoms with E-state index in [1.807, 2.05) is 23.7 Å². The van der Waals surface area contributed by atoms with Crippen molar-refractivity contribution in [2.75, 3.05) is 27.1 Å². The van der Waals surface area contributed by atoms with Gasteiger partial charge in [-0.2, -0.15) is 0 Å². The van der Waals surface area contributed by atoms with Gasteiger partial charge in [-0.05, 0) is 17.9 Å². The molecule has 0 N–H and O–H groups in total. The Morgan fingerprint density at radius 2 is 1.67 bits per heavy atom. The molecule has 1 aromatic heterocycles. The zero-order valence-corrected chi connectivity index (χ0v) is 13.7. The van der Waals surface area contributed by atoms with Crippen molar-refractivity contribution in [3.05, 3.63) is 12.1 Å². The normalized spacial score (nSPS) is 10.5. The van der Waals surface area contributed by atoms with Crippen molar-refractivity contribution in [3.8, 4) is 28.6 Å². The van der Waals surface area contributed by atoms with Gasteiger partial charge in [0.05, 0.1) is 21.3 Å². The number of hydrogen-bond acceptors (Lipinski definition) is 6. The van der Waals surface area contributed by atoms with Gasteiger partial charge < -0.3 is 18.8 Å². The predicted octanol–water partition coefficient (Wildman–Crippen LogP) is 2.62. The molecule has 0 saturated carbocycles. The van der Waals surface area contributed by atoms with Gasteiger partial charge in [-0.1, -0.05) is 18.7 Å². The van der Waals surface area contributed by atoms with E-state index in [0.717, 1.165) is 22.3 Å². The summed E-state index contributed by atoms with van der Waals surface area (Å²) >= 11 is 1.65. The maximum Gasteiger partial charge on any atom is 0.203 e. The van der Waals surface area contributed by atoms with Crippen LogP contribution in [0.3, 0.4) is 0 Å². The van der Waals surface area contributed by atoms with Gasteiger partial charge in [0.25, 0.3) is 0 Å². The lowest BCUT2D eigenvalue weighted by atomic mass is 10.1. The number of methoxy groups -OCH3 is 3. The van der Waals surface area contributed by atoms with Crippen LogP contribution in [0.1, 0.15) is 6.92 Å². The summed E-state index contributed by atoms with van der Waals surface area (Å²) in [6.45, 7) is 2.08. The van der Waals surface area contributed by atoms with Crippen molar-refractivity contribution in [2.24, 2.45) is 7.05 Å². The molecule has 0 aliphatic rings. The zero-order chi connectivity index (χ0) is 15.4. The van der Waals surface area contributed by atoms with E-state index in [-0.39, 0.29) is 0 Å². The van der Waals surface area contributed by atoms with Crippen molar-refractivity contribution >= 4 is 11.8 Å². The standard InChI is InChI=1S/C14H19N3O3S/c1-6-21-14-16-15-13(17(14)2)9-7-10(18-3)12(20-5)11(8-9)19-4/h7-8H,6H2,1-5H3. The molecule has 0 aliphatic carbocycles. The Labute approximate surface area is 128 Å². The molecule has 0 spiro atoms. The molecule has 7 heteroatoms. The topological polar surface area (TPSA) is 58.4 Å². The van der Waals surface area contributed by atoms with Crippen LogP contribution in [0.2, 0.25) is 0 Å². The maximum absolute atomic E-state index is 5.37. The van der Waals surface area contributed by atoms with Crippen molar-refractivity contribution in [3.63, 3.8) is 0 Å². The van der Waals surface area contributed by atoms with Crippen molar-refractivity contribution in [1.82, 2.24) is 14.8 Å². The molecule has 114 valence electrons. The summed E-state index contributed by atoms with van der Waals surface area (Å²) in [5, 5.41) is 9.33. The summed E-state index contributed by atoms with van der Waals surface area (Å²) in [7, 11) is 6.71. The fourth-order valence-electron chi connectivity index (χ4n) is 2.03. The molecule has 6 nitrogen and oxygen atoms in total. The molecule has 0 fully saturated rings. The monoisotopic (exact) mass is 309 g/mol. The second kappa shape index (κ2) is 6.71. The summed E-state index contributed by atoms with van der Waals surface area (Å²) in [5.74, 6) is 3.46. The van der Waals surface area contributed by atoms with Gasteiger partial charge >= 0.3 is 0 Å². The number of hydrogen-bond donors (Lipinski definition) is 0. The summed E-state index contributed by atoms with van der Waals surface area (Å²) in [6, 6.07) is 3.73. The number of nitrogens with zero attached hydrogens (tertiary/aromatic N) is 3. The van der Waals surface area contributed by atoms with Gasteiger partial charge in [0.2, 0.25) is 5.75 Å². The Balaban J connectivity index is 2.54. The molecule has 0 radical (unpaired) electrons. The highest BCUT2D eigenvalue weighted by atomic mass is 32.2. The molecule has 0 bridgehead atoms. The van der Waals surface area contributed by atoms with E-state index in [1.54, 1.807) is 33.1 Å². The third-order valence-electron chi connectivity index (χ3n) is 3.03. The van der Waals surface area contributed by atoms with Crippen LogP contribution in [0.15, 0.2) is 17.3 Å². The zero-order valence-electron chi connectivity index (χ0n) is 12.8. The SMILES string of the molecule is CCSc1nnc(-c2cc(OC)c(OC)c(OC)c2)n1C. The summed E-state index contributed by atoms with van der Waals surface area (Å²) < 4.78 is 18.0. The Morgan fingerprint density at radius 3 is 2.14 bits per heavy atom. The highest BCUT2D eigenvalue weighted by Gasteiger charge is 2.17. The molecular weight excluding hydrogens is 290 g/mol. The van der Waals surface area contributed by atoms with Crippen LogP contribution in [0.5, 0.6) is 17.2 Å². The Morgan fingerprint density at radius 1 is 1.05 bits per heavy atom. The van der Waals surface area contributed by atoms with Crippen LogP contribution < -0.4 is 14.2 Å². The molecule has 0 aliphatic heterocycles. The van der Waals surface area contributed by atoms with Crippen LogP contribution in [0.25, 0.3) is 11.4 Å². The molecule has 0 saturated heterocycles. The lowest BCUT2D eigenvalue weighted by Crippen LogP contribution is -1.98. The third kappa shape index (κ3) is 2.92. The minimum atomic E-state index is 0.564. The van der Waals surface area contributed by atoms with E-state index in [1.165, 1.54) is 0 Å². The van der Waals surface area contributed by atoms with Gasteiger partial charge in [0, 0.05) is 12.6 Å². The molecular formula is C14H19N3O3S. The number of ether oxygens (including phenoxy) is 3. The number of aromatic nitrogens is 3. The Hall–Kier alpha value is -1.89. The van der Waals surface area contributed by atoms with Gasteiger partial charge in [-0.15, -0.1) is 10.2 Å². The van der Waals surface area contributed by atoms with Crippen LogP contribution >= 0.6 is 11.8 Å². The Kier molecular flexibility index (Phi) is 4.95. The van der Waals surface area contributed by atoms with Crippen LogP contribution in [0.4, 0.5) is 0 Å². The smallest absolute Gasteiger partial charge is 0.203 e. The quantitative estimate of drug-likeness (QED) is 0.765. The Bertz CT molecular complexity index is 603. The first kappa shape index (κ1) is 15.5. The molecule has 1 heterocycles. The van der Waals surface area contributed by atoms with E-state index >= 15 is 0 Å². The summed E-state index contributed by atoms with van der Waals surface area (Å²) in [4.78, 5) is 0. The largest absolute Gasteiger partial charge is 0.493 e. The van der Waals surface area contributed by atoms with Crippen molar-refractivity contribution < 1.29 is 14.2 Å². The minimum Gasteiger partial charge on any atom is -0.493 e. The summed E-state index contributed by atoms with van der Waals surface area (Å²) in [6.07, 6.45) is 0. The molecule has 0 atom stereocenters. The molecule has 21 heavy (non-hydrogen) atoms. The van der Waals surface area contributed by atoms with Gasteiger partial charge in [0.1, 0.15) is 0 Å². The molecule has 0 unspecified atom stereocenters. The molecule has 2 aromatic rings. The third-order valence-corrected chi connectivity index (χ3v) is 3.93. The maximum atomic E-state index is 5.37. The molecule has 0 amide bonds. The molecule has 2 rings (SSSR count). The van der Waals surface area contributed by atoms with E-state index in [4.69, 9.17) is 14.2 Å². The number of thioether (sulfide) groups is 1. The fraction of sp³-hybridized carbons (Fsp3) is 0.429. The minimum absolute atomic E-state index is 0.564. The first-order valence-corrected chi connectivity index (χ1v) is 7.47. The van der Waals surface area contributed by atoms with E-state index in [9.17, 15) is 0 Å². The van der Waals surface area contributed by atoms with Gasteiger partial charge in [-0.25, -0.2) is 0 Å². The van der Waals surface area contributed by atoms with E-state index < -0.39 is 0 Å². The molecule has 1 aromatic carbocycles. The first-order valence-electron chi connectivity index (χ1n) is 6.48. The lowest BCUT2D eigenvalue weighted by molar-refractivity contribution is 0.324. The number of benzene rings is 1. The van der Waals surface area contributed by atoms with E-state index in [0.29, 0.717) is 17.2 Å². The number of rotatable bonds is 6. The van der Waals surface area contributed by atoms with Crippen LogP contribution in [-0.4, -0.2) is 41.8 Å². The van der Waals surface area contributed by atoms with Gasteiger partial charge in [0.15, 0.2) is 22.5 Å². The lowest BCUT2D eigenvalue weighted by Gasteiger charge is -2.13. The second-order valence-electron chi connectivity index (χ2n) is 4.21. The fourth-order valence-corrected chi connectivity index (χ4v) is 2.67. The van der Waals surface area contributed by atoms with Crippen molar-refractivity contribution in [1.29, 1.82) is 0 Å². The second-order valence-corrected chi connectivity index (χ2v) is 5.44. The van der Waals surface area contributed by atoms with Crippen molar-refractivity contribution in [2.45, 2.75) is 12.1 Å². The van der Waals surface area contributed by atoms with Crippen LogP contribution in [-0.2, 0) is 7.05 Å². The predicted molar refractivity (Wildman–Crippen MR) is 82.5 cm³/mol. The summed E-state index contributed by atoms with van der Waals surface area (Å²) in [5.41, 5.74) is 0.863. The van der Waals surface area contributed by atoms with E-state index in [2.05, 4.69) is 17.1 Å². The van der Waals surface area contributed by atoms with Gasteiger partial charge in [-0.3, -0.25) is 0 Å². The highest BCUT2D eigenvalue weighted by molar-refractivity contribution is 7.99. The average Bonchev–Trinajstić information content (AvgIpc) is 2.87. The van der Waals surface area contributed by atoms with Crippen LogP contribution in [0, 0.1) is 0 Å². The average molecular weight is 309 g/mol. The highest BCUT2D eigenvalue weighted by Crippen LogP contribution is 2.41.